The third-order valence-corrected chi connectivity index (χ3v) is 8.11. The Bertz CT molecular complexity index is 1470. The summed E-state index contributed by atoms with van der Waals surface area (Å²) in [5.41, 5.74) is 2.74. The standard InChI is InChI=1S/C31H38ClN5O5S/c1-6-16-41-29(39)27-20(5)33-30-34-31(43-19-22-12-10-11-13-23(22)32)35-37(30)28(27)21-14-15-24(25(17-21)40-9-4)42-18-26(38)36(7-2)8-3/h10-15,17,28H,6-9,16,18-19H2,1-5H3,(H,33,34,35). The van der Waals surface area contributed by atoms with Crippen molar-refractivity contribution in [2.75, 3.05) is 38.2 Å². The van der Waals surface area contributed by atoms with Crippen molar-refractivity contribution >= 4 is 41.2 Å². The van der Waals surface area contributed by atoms with Gasteiger partial charge < -0.3 is 24.4 Å². The van der Waals surface area contributed by atoms with Crippen molar-refractivity contribution in [3.63, 3.8) is 0 Å². The number of likely N-dealkylation sites (N-methyl/N-ethyl adjacent to an activating group) is 1. The van der Waals surface area contributed by atoms with E-state index in [2.05, 4.69) is 5.32 Å². The summed E-state index contributed by atoms with van der Waals surface area (Å²) in [7, 11) is 0. The fourth-order valence-electron chi connectivity index (χ4n) is 4.68. The van der Waals surface area contributed by atoms with Crippen LogP contribution in [0.3, 0.4) is 0 Å². The summed E-state index contributed by atoms with van der Waals surface area (Å²) < 4.78 is 19.1. The van der Waals surface area contributed by atoms with Gasteiger partial charge in [0.2, 0.25) is 11.1 Å². The molecule has 3 aromatic rings. The normalized spacial score (nSPS) is 14.1. The second-order valence-electron chi connectivity index (χ2n) is 9.74. The average molecular weight is 628 g/mol. The number of nitrogens with one attached hydrogen (secondary N) is 1. The number of carbonyl (C=O) groups is 2. The number of ether oxygens (including phenoxy) is 3. The zero-order chi connectivity index (χ0) is 30.9. The number of nitrogens with zero attached hydrogens (tertiary/aromatic N) is 4. The smallest absolute Gasteiger partial charge is 0.338 e. The Morgan fingerprint density at radius 3 is 2.53 bits per heavy atom. The van der Waals surface area contributed by atoms with Crippen LogP contribution in [0.25, 0.3) is 0 Å². The molecule has 0 bridgehead atoms. The number of halogens is 1. The summed E-state index contributed by atoms with van der Waals surface area (Å²) in [5, 5.41) is 9.24. The summed E-state index contributed by atoms with van der Waals surface area (Å²) >= 11 is 7.81. The average Bonchev–Trinajstić information content (AvgIpc) is 3.41. The summed E-state index contributed by atoms with van der Waals surface area (Å²) in [6.45, 7) is 11.3. The highest BCUT2D eigenvalue weighted by Gasteiger charge is 2.36. The molecular weight excluding hydrogens is 590 g/mol. The van der Waals surface area contributed by atoms with Crippen molar-refractivity contribution in [3.8, 4) is 11.5 Å². The van der Waals surface area contributed by atoms with Crippen molar-refractivity contribution in [1.29, 1.82) is 0 Å². The molecule has 0 fully saturated rings. The molecule has 0 saturated heterocycles. The first kappa shape index (κ1) is 32.2. The minimum Gasteiger partial charge on any atom is -0.490 e. The lowest BCUT2D eigenvalue weighted by Crippen LogP contribution is -2.34. The maximum Gasteiger partial charge on any atom is 0.338 e. The van der Waals surface area contributed by atoms with Gasteiger partial charge in [-0.05, 0) is 63.4 Å². The molecule has 43 heavy (non-hydrogen) atoms. The summed E-state index contributed by atoms with van der Waals surface area (Å²) in [5.74, 6) is 1.43. The number of esters is 1. The Morgan fingerprint density at radius 1 is 1.07 bits per heavy atom. The Balaban J connectivity index is 1.69. The molecule has 0 radical (unpaired) electrons. The van der Waals surface area contributed by atoms with Crippen molar-refractivity contribution in [3.05, 3.63) is 69.9 Å². The van der Waals surface area contributed by atoms with Crippen molar-refractivity contribution < 1.29 is 23.8 Å². The number of rotatable bonds is 14. The second kappa shape index (κ2) is 15.2. The largest absolute Gasteiger partial charge is 0.490 e. The summed E-state index contributed by atoms with van der Waals surface area (Å²) in [6, 6.07) is 12.4. The maximum absolute atomic E-state index is 13.4. The van der Waals surface area contributed by atoms with Gasteiger partial charge in [0.15, 0.2) is 18.1 Å². The number of allylic oxidation sites excluding steroid dienone is 1. The van der Waals surface area contributed by atoms with Gasteiger partial charge in [-0.3, -0.25) is 4.79 Å². The fraction of sp³-hybridized carbons (Fsp3) is 0.419. The Kier molecular flexibility index (Phi) is 11.4. The van der Waals surface area contributed by atoms with Gasteiger partial charge in [-0.2, -0.15) is 4.98 Å². The van der Waals surface area contributed by atoms with E-state index >= 15 is 0 Å². The number of fused-ring (bicyclic) bond motifs is 1. The molecule has 1 N–H and O–H groups in total. The van der Waals surface area contributed by atoms with E-state index in [1.165, 1.54) is 11.8 Å². The third kappa shape index (κ3) is 7.64. The van der Waals surface area contributed by atoms with Gasteiger partial charge in [0.05, 0.1) is 18.8 Å². The Hall–Kier alpha value is -3.70. The first-order valence-electron chi connectivity index (χ1n) is 14.5. The number of hydrogen-bond acceptors (Lipinski definition) is 9. The molecule has 12 heteroatoms. The number of carbonyl (C=O) groups excluding carboxylic acids is 2. The van der Waals surface area contributed by atoms with Gasteiger partial charge in [0.1, 0.15) is 6.04 Å². The van der Waals surface area contributed by atoms with Crippen LogP contribution in [0.1, 0.15) is 58.2 Å². The number of benzene rings is 2. The Morgan fingerprint density at radius 2 is 1.84 bits per heavy atom. The van der Waals surface area contributed by atoms with E-state index in [0.717, 1.165) is 11.1 Å². The van der Waals surface area contributed by atoms with Crippen LogP contribution in [-0.4, -0.2) is 64.5 Å². The number of hydrogen-bond donors (Lipinski definition) is 1. The van der Waals surface area contributed by atoms with Gasteiger partial charge in [0.25, 0.3) is 5.91 Å². The van der Waals surface area contributed by atoms with Gasteiger partial charge >= 0.3 is 5.97 Å². The summed E-state index contributed by atoms with van der Waals surface area (Å²) in [4.78, 5) is 32.4. The molecule has 0 saturated carbocycles. The molecule has 10 nitrogen and oxygen atoms in total. The van der Waals surface area contributed by atoms with E-state index < -0.39 is 12.0 Å². The molecule has 1 atom stereocenters. The highest BCUT2D eigenvalue weighted by Crippen LogP contribution is 2.40. The number of anilines is 1. The highest BCUT2D eigenvalue weighted by atomic mass is 35.5. The van der Waals surface area contributed by atoms with Crippen LogP contribution in [-0.2, 0) is 20.1 Å². The quantitative estimate of drug-likeness (QED) is 0.167. The zero-order valence-electron chi connectivity index (χ0n) is 25.2. The lowest BCUT2D eigenvalue weighted by atomic mass is 9.95. The number of aromatic nitrogens is 3. The highest BCUT2D eigenvalue weighted by molar-refractivity contribution is 7.98. The predicted molar refractivity (Wildman–Crippen MR) is 168 cm³/mol. The van der Waals surface area contributed by atoms with Gasteiger partial charge in [-0.15, -0.1) is 5.10 Å². The molecule has 1 aromatic heterocycles. The van der Waals surface area contributed by atoms with Crippen LogP contribution in [0.15, 0.2) is 58.9 Å². The minimum atomic E-state index is -0.645. The van der Waals surface area contributed by atoms with Gasteiger partial charge in [0, 0.05) is 29.6 Å². The van der Waals surface area contributed by atoms with E-state index in [0.29, 0.717) is 77.4 Å². The molecule has 2 aromatic carbocycles. The first-order chi connectivity index (χ1) is 20.8. The van der Waals surface area contributed by atoms with Crippen LogP contribution in [0.5, 0.6) is 11.5 Å². The van der Waals surface area contributed by atoms with E-state index in [9.17, 15) is 9.59 Å². The van der Waals surface area contributed by atoms with E-state index in [1.807, 2.05) is 71.0 Å². The molecule has 0 aliphatic carbocycles. The lowest BCUT2D eigenvalue weighted by Gasteiger charge is -2.28. The molecule has 1 unspecified atom stereocenters. The van der Waals surface area contributed by atoms with Crippen molar-refractivity contribution in [2.24, 2.45) is 0 Å². The molecule has 0 spiro atoms. The van der Waals surface area contributed by atoms with Crippen LogP contribution < -0.4 is 14.8 Å². The van der Waals surface area contributed by atoms with Crippen LogP contribution >= 0.6 is 23.4 Å². The second-order valence-corrected chi connectivity index (χ2v) is 11.1. The lowest BCUT2D eigenvalue weighted by molar-refractivity contribution is -0.139. The number of amides is 1. The molecular formula is C31H38ClN5O5S. The van der Waals surface area contributed by atoms with Crippen molar-refractivity contribution in [2.45, 2.75) is 58.0 Å². The van der Waals surface area contributed by atoms with Gasteiger partial charge in [-0.25, -0.2) is 9.48 Å². The molecule has 230 valence electrons. The first-order valence-corrected chi connectivity index (χ1v) is 15.8. The van der Waals surface area contributed by atoms with Crippen LogP contribution in [0, 0.1) is 0 Å². The molecule has 1 amide bonds. The number of thioether (sulfide) groups is 1. The molecule has 1 aliphatic heterocycles. The third-order valence-electron chi connectivity index (χ3n) is 6.86. The zero-order valence-corrected chi connectivity index (χ0v) is 26.8. The predicted octanol–water partition coefficient (Wildman–Crippen LogP) is 6.11. The van der Waals surface area contributed by atoms with E-state index in [4.69, 9.17) is 35.9 Å². The molecule has 4 rings (SSSR count). The Labute approximate surface area is 261 Å². The maximum atomic E-state index is 13.4. The fourth-order valence-corrected chi connectivity index (χ4v) is 5.80. The molecule has 1 aliphatic rings. The van der Waals surface area contributed by atoms with Gasteiger partial charge in [-0.1, -0.05) is 54.6 Å². The summed E-state index contributed by atoms with van der Waals surface area (Å²) in [6.07, 6.45) is 0.695. The van der Waals surface area contributed by atoms with E-state index in [-0.39, 0.29) is 12.5 Å². The topological polar surface area (TPSA) is 108 Å². The SMILES string of the molecule is CCCOC(=O)C1=C(C)Nc2nc(SCc3ccccc3Cl)nn2C1c1ccc(OCC(=O)N(CC)CC)c(OCC)c1. The van der Waals surface area contributed by atoms with Crippen LogP contribution in [0.2, 0.25) is 5.02 Å². The van der Waals surface area contributed by atoms with E-state index in [1.54, 1.807) is 15.6 Å². The molecule has 2 heterocycles. The monoisotopic (exact) mass is 627 g/mol. The van der Waals surface area contributed by atoms with Crippen LogP contribution in [0.4, 0.5) is 5.95 Å². The van der Waals surface area contributed by atoms with Crippen molar-refractivity contribution in [1.82, 2.24) is 19.7 Å². The minimum absolute atomic E-state index is 0.108.